The molecule has 1 aromatic heterocycles. The Morgan fingerprint density at radius 2 is 2.18 bits per heavy atom. The van der Waals surface area contributed by atoms with Crippen LogP contribution in [0.25, 0.3) is 0 Å². The van der Waals surface area contributed by atoms with Crippen molar-refractivity contribution in [3.8, 4) is 5.75 Å². The van der Waals surface area contributed by atoms with Crippen molar-refractivity contribution in [2.75, 3.05) is 4.72 Å². The number of halogens is 1. The Bertz CT molecular complexity index is 625. The number of phenolic OH excluding ortho intramolecular Hbond substituents is 1. The quantitative estimate of drug-likeness (QED) is 0.716. The Balaban J connectivity index is 2.33. The maximum atomic E-state index is 12.7. The van der Waals surface area contributed by atoms with Crippen LogP contribution in [-0.4, -0.2) is 23.5 Å². The van der Waals surface area contributed by atoms with Gasteiger partial charge in [-0.1, -0.05) is 0 Å². The number of imidazole rings is 1. The zero-order chi connectivity index (χ0) is 12.5. The first-order chi connectivity index (χ1) is 7.99. The maximum Gasteiger partial charge on any atom is 0.279 e. The molecule has 0 aliphatic heterocycles. The van der Waals surface area contributed by atoms with Gasteiger partial charge in [0.25, 0.3) is 10.0 Å². The van der Waals surface area contributed by atoms with Crippen LogP contribution in [-0.2, 0) is 10.0 Å². The van der Waals surface area contributed by atoms with Gasteiger partial charge >= 0.3 is 0 Å². The number of H-pyrrole nitrogens is 1. The number of aromatic hydroxyl groups is 1. The molecule has 0 bridgehead atoms. The largest absolute Gasteiger partial charge is 0.506 e. The van der Waals surface area contributed by atoms with Crippen LogP contribution in [0.2, 0.25) is 0 Å². The zero-order valence-electron chi connectivity index (χ0n) is 8.38. The summed E-state index contributed by atoms with van der Waals surface area (Å²) in [4.78, 5) is 5.98. The van der Waals surface area contributed by atoms with Crippen molar-refractivity contribution in [1.82, 2.24) is 9.97 Å². The Kier molecular flexibility index (Phi) is 2.72. The smallest absolute Gasteiger partial charge is 0.279 e. The summed E-state index contributed by atoms with van der Waals surface area (Å²) < 4.78 is 38.2. The number of anilines is 1. The number of phenols is 1. The molecule has 2 rings (SSSR count). The molecule has 0 amide bonds. The minimum absolute atomic E-state index is 0.110. The van der Waals surface area contributed by atoms with Crippen molar-refractivity contribution in [1.29, 1.82) is 0 Å². The lowest BCUT2D eigenvalue weighted by Crippen LogP contribution is -2.13. The van der Waals surface area contributed by atoms with E-state index < -0.39 is 21.6 Å². The van der Waals surface area contributed by atoms with Crippen molar-refractivity contribution >= 4 is 15.7 Å². The second kappa shape index (κ2) is 4.06. The van der Waals surface area contributed by atoms with Crippen LogP contribution in [0.4, 0.5) is 10.1 Å². The highest BCUT2D eigenvalue weighted by atomic mass is 32.2. The highest BCUT2D eigenvalue weighted by molar-refractivity contribution is 7.92. The molecule has 0 fully saturated rings. The predicted octanol–water partition coefficient (Wildman–Crippen LogP) is 1.06. The predicted molar refractivity (Wildman–Crippen MR) is 57.5 cm³/mol. The number of aromatic amines is 1. The third-order valence-corrected chi connectivity index (χ3v) is 3.26. The SMILES string of the molecule is O=S(=O)(Nc1ccc(F)cc1O)c1cnc[nH]1. The molecule has 0 saturated carbocycles. The summed E-state index contributed by atoms with van der Waals surface area (Å²) in [7, 11) is -3.86. The lowest BCUT2D eigenvalue weighted by molar-refractivity contribution is 0.471. The highest BCUT2D eigenvalue weighted by Gasteiger charge is 2.17. The van der Waals surface area contributed by atoms with E-state index in [9.17, 15) is 17.9 Å². The maximum absolute atomic E-state index is 12.7. The fourth-order valence-corrected chi connectivity index (χ4v) is 2.16. The lowest BCUT2D eigenvalue weighted by atomic mass is 10.3. The molecule has 0 saturated heterocycles. The molecular formula is C9H8FN3O3S. The van der Waals surface area contributed by atoms with Crippen LogP contribution < -0.4 is 4.72 Å². The van der Waals surface area contributed by atoms with E-state index in [1.54, 1.807) is 0 Å². The van der Waals surface area contributed by atoms with Gasteiger partial charge in [0.1, 0.15) is 11.6 Å². The normalized spacial score (nSPS) is 11.4. The van der Waals surface area contributed by atoms with Gasteiger partial charge in [-0.05, 0) is 12.1 Å². The summed E-state index contributed by atoms with van der Waals surface area (Å²) in [5, 5.41) is 9.21. The Morgan fingerprint density at radius 1 is 1.41 bits per heavy atom. The molecule has 0 unspecified atom stereocenters. The molecule has 17 heavy (non-hydrogen) atoms. The van der Waals surface area contributed by atoms with Gasteiger partial charge in [0.2, 0.25) is 0 Å². The van der Waals surface area contributed by atoms with Crippen LogP contribution in [0.5, 0.6) is 5.75 Å². The van der Waals surface area contributed by atoms with Crippen molar-refractivity contribution in [2.24, 2.45) is 0 Å². The minimum Gasteiger partial charge on any atom is -0.506 e. The molecule has 6 nitrogen and oxygen atoms in total. The number of hydrogen-bond acceptors (Lipinski definition) is 4. The molecule has 0 atom stereocenters. The second-order valence-electron chi connectivity index (χ2n) is 3.18. The number of rotatable bonds is 3. The van der Waals surface area contributed by atoms with E-state index in [-0.39, 0.29) is 10.7 Å². The third-order valence-electron chi connectivity index (χ3n) is 1.97. The van der Waals surface area contributed by atoms with Crippen LogP contribution in [0.3, 0.4) is 0 Å². The third kappa shape index (κ3) is 2.36. The Hall–Kier alpha value is -2.09. The molecule has 2 aromatic rings. The van der Waals surface area contributed by atoms with E-state index in [2.05, 4.69) is 14.7 Å². The second-order valence-corrected chi connectivity index (χ2v) is 4.83. The first kappa shape index (κ1) is 11.4. The van der Waals surface area contributed by atoms with Crippen LogP contribution in [0.15, 0.2) is 35.7 Å². The molecule has 8 heteroatoms. The van der Waals surface area contributed by atoms with E-state index in [1.165, 1.54) is 6.33 Å². The standard InChI is InChI=1S/C9H8FN3O3S/c10-6-1-2-7(8(14)3-6)13-17(15,16)9-4-11-5-12-9/h1-5,13-14H,(H,11,12). The lowest BCUT2D eigenvalue weighted by Gasteiger charge is -2.07. The molecular weight excluding hydrogens is 249 g/mol. The molecule has 0 aliphatic carbocycles. The average Bonchev–Trinajstić information content (AvgIpc) is 2.76. The van der Waals surface area contributed by atoms with Gasteiger partial charge in [-0.2, -0.15) is 8.42 Å². The van der Waals surface area contributed by atoms with E-state index >= 15 is 0 Å². The summed E-state index contributed by atoms with van der Waals surface area (Å²) in [6.07, 6.45) is 2.32. The molecule has 0 aliphatic rings. The Morgan fingerprint density at radius 3 is 2.76 bits per heavy atom. The summed E-state index contributed by atoms with van der Waals surface area (Å²) in [6, 6.07) is 2.97. The number of sulfonamides is 1. The van der Waals surface area contributed by atoms with Gasteiger partial charge in [0, 0.05) is 6.07 Å². The summed E-state index contributed by atoms with van der Waals surface area (Å²) >= 11 is 0. The van der Waals surface area contributed by atoms with Gasteiger partial charge in [-0.3, -0.25) is 4.72 Å². The number of aromatic nitrogens is 2. The van der Waals surface area contributed by atoms with Crippen LogP contribution in [0.1, 0.15) is 0 Å². The molecule has 0 spiro atoms. The van der Waals surface area contributed by atoms with Crippen molar-refractivity contribution < 1.29 is 17.9 Å². The number of nitrogens with zero attached hydrogens (tertiary/aromatic N) is 1. The molecule has 90 valence electrons. The number of benzene rings is 1. The molecule has 1 aromatic carbocycles. The molecule has 3 N–H and O–H groups in total. The van der Waals surface area contributed by atoms with Crippen molar-refractivity contribution in [2.45, 2.75) is 5.03 Å². The molecule has 1 heterocycles. The van der Waals surface area contributed by atoms with Crippen LogP contribution >= 0.6 is 0 Å². The highest BCUT2D eigenvalue weighted by Crippen LogP contribution is 2.25. The summed E-state index contributed by atoms with van der Waals surface area (Å²) in [6.45, 7) is 0. The van der Waals surface area contributed by atoms with Gasteiger partial charge in [-0.15, -0.1) is 0 Å². The van der Waals surface area contributed by atoms with Crippen molar-refractivity contribution in [3.05, 3.63) is 36.5 Å². The summed E-state index contributed by atoms with van der Waals surface area (Å²) in [5.41, 5.74) is -0.110. The van der Waals surface area contributed by atoms with Crippen molar-refractivity contribution in [3.63, 3.8) is 0 Å². The minimum atomic E-state index is -3.86. The summed E-state index contributed by atoms with van der Waals surface area (Å²) in [5.74, 6) is -1.15. The van der Waals surface area contributed by atoms with E-state index in [4.69, 9.17) is 0 Å². The zero-order valence-corrected chi connectivity index (χ0v) is 9.20. The average molecular weight is 257 g/mol. The molecule has 0 radical (unpaired) electrons. The number of nitrogens with one attached hydrogen (secondary N) is 2. The van der Waals surface area contributed by atoms with Gasteiger partial charge in [0.15, 0.2) is 5.03 Å². The topological polar surface area (TPSA) is 95.1 Å². The Labute approximate surface area is 96.2 Å². The van der Waals surface area contributed by atoms with E-state index in [1.807, 2.05) is 0 Å². The van der Waals surface area contributed by atoms with Crippen LogP contribution in [0, 0.1) is 5.82 Å². The fourth-order valence-electron chi connectivity index (χ4n) is 1.18. The monoisotopic (exact) mass is 257 g/mol. The fraction of sp³-hybridized carbons (Fsp3) is 0. The van der Waals surface area contributed by atoms with E-state index in [0.717, 1.165) is 24.4 Å². The van der Waals surface area contributed by atoms with Gasteiger partial charge < -0.3 is 10.1 Å². The van der Waals surface area contributed by atoms with Gasteiger partial charge in [0.05, 0.1) is 18.2 Å². The number of hydrogen-bond donors (Lipinski definition) is 3. The first-order valence-corrected chi connectivity index (χ1v) is 5.97. The van der Waals surface area contributed by atoms with E-state index in [0.29, 0.717) is 0 Å². The first-order valence-electron chi connectivity index (χ1n) is 4.49. The van der Waals surface area contributed by atoms with Gasteiger partial charge in [-0.25, -0.2) is 9.37 Å².